The lowest BCUT2D eigenvalue weighted by Gasteiger charge is -2.15. The topological polar surface area (TPSA) is 81.9 Å². The number of ether oxygens (including phenoxy) is 3. The number of nitrogens with one attached hydrogen (secondary N) is 2. The zero-order valence-electron chi connectivity index (χ0n) is 16.7. The Balaban J connectivity index is 1.40. The van der Waals surface area contributed by atoms with Gasteiger partial charge >= 0.3 is 6.61 Å². The molecule has 0 bridgehead atoms. The molecule has 2 heterocycles. The fourth-order valence-electron chi connectivity index (χ4n) is 3.13. The van der Waals surface area contributed by atoms with Crippen molar-refractivity contribution in [2.24, 2.45) is 4.99 Å². The van der Waals surface area contributed by atoms with Crippen LogP contribution in [0, 0.1) is 0 Å². The molecule has 0 unspecified atom stereocenters. The lowest BCUT2D eigenvalue weighted by molar-refractivity contribution is -0.0505. The van der Waals surface area contributed by atoms with Crippen molar-refractivity contribution in [3.05, 3.63) is 66.0 Å². The van der Waals surface area contributed by atoms with Crippen LogP contribution in [0.2, 0.25) is 0 Å². The molecule has 0 aliphatic carbocycles. The Morgan fingerprint density at radius 1 is 1.16 bits per heavy atom. The molecular weight excluding hydrogens is 408 g/mol. The van der Waals surface area contributed by atoms with E-state index in [4.69, 9.17) is 9.47 Å². The number of alkyl halides is 2. The first kappa shape index (κ1) is 20.5. The van der Waals surface area contributed by atoms with Crippen LogP contribution in [0.1, 0.15) is 11.1 Å². The molecule has 1 aliphatic rings. The average Bonchev–Trinajstić information content (AvgIpc) is 3.45. The summed E-state index contributed by atoms with van der Waals surface area (Å²) in [5.41, 5.74) is 2.47. The van der Waals surface area contributed by atoms with Gasteiger partial charge in [0.25, 0.3) is 0 Å². The highest BCUT2D eigenvalue weighted by atomic mass is 19.3. The molecular formula is C21H21F2N5O3. The van der Waals surface area contributed by atoms with Crippen molar-refractivity contribution < 1.29 is 23.0 Å². The van der Waals surface area contributed by atoms with Gasteiger partial charge in [0.05, 0.1) is 5.69 Å². The zero-order valence-corrected chi connectivity index (χ0v) is 16.7. The molecule has 1 aromatic heterocycles. The summed E-state index contributed by atoms with van der Waals surface area (Å²) in [4.78, 5) is 4.19. The molecule has 0 saturated heterocycles. The summed E-state index contributed by atoms with van der Waals surface area (Å²) in [5, 5.41) is 10.5. The second kappa shape index (κ2) is 9.33. The average molecular weight is 429 g/mol. The second-order valence-electron chi connectivity index (χ2n) is 6.59. The lowest BCUT2D eigenvalue weighted by atomic mass is 10.1. The van der Waals surface area contributed by atoms with E-state index in [-0.39, 0.29) is 19.1 Å². The number of rotatable bonds is 7. The third-order valence-corrected chi connectivity index (χ3v) is 4.58. The van der Waals surface area contributed by atoms with Crippen molar-refractivity contribution in [1.82, 2.24) is 20.4 Å². The maximum Gasteiger partial charge on any atom is 0.387 e. The molecule has 0 atom stereocenters. The quantitative estimate of drug-likeness (QED) is 0.444. The SMILES string of the molecule is CN=C(NCc1cccc(-n2cccn2)c1)NCc1cc2c(cc1OC(F)F)OCO2. The largest absolute Gasteiger partial charge is 0.454 e. The molecule has 0 radical (unpaired) electrons. The van der Waals surface area contributed by atoms with Gasteiger partial charge in [-0.25, -0.2) is 4.68 Å². The molecule has 0 spiro atoms. The van der Waals surface area contributed by atoms with Gasteiger partial charge in [-0.3, -0.25) is 4.99 Å². The molecule has 0 amide bonds. The van der Waals surface area contributed by atoms with Crippen LogP contribution in [0.3, 0.4) is 0 Å². The third-order valence-electron chi connectivity index (χ3n) is 4.58. The molecule has 4 rings (SSSR count). The molecule has 0 fully saturated rings. The standard InChI is InChI=1S/C21H21F2N5O3/c1-24-21(25-11-14-4-2-5-16(8-14)28-7-3-6-27-28)26-12-15-9-18-19(30-13-29-18)10-17(15)31-20(22)23/h2-10,20H,11-13H2,1H3,(H2,24,25,26). The minimum atomic E-state index is -2.95. The monoisotopic (exact) mass is 429 g/mol. The number of guanidine groups is 1. The summed E-state index contributed by atoms with van der Waals surface area (Å²) in [6, 6.07) is 12.8. The van der Waals surface area contributed by atoms with Crippen LogP contribution in [0.15, 0.2) is 59.9 Å². The van der Waals surface area contributed by atoms with Gasteiger partial charge < -0.3 is 24.8 Å². The molecule has 10 heteroatoms. The minimum Gasteiger partial charge on any atom is -0.454 e. The smallest absolute Gasteiger partial charge is 0.387 e. The van der Waals surface area contributed by atoms with Crippen LogP contribution >= 0.6 is 0 Å². The van der Waals surface area contributed by atoms with Gasteiger partial charge in [0.15, 0.2) is 17.5 Å². The molecule has 0 saturated carbocycles. The Bertz CT molecular complexity index is 1060. The van der Waals surface area contributed by atoms with Gasteiger partial charge in [0, 0.05) is 44.2 Å². The van der Waals surface area contributed by atoms with E-state index < -0.39 is 6.61 Å². The number of hydrogen-bond acceptors (Lipinski definition) is 5. The fourth-order valence-corrected chi connectivity index (χ4v) is 3.13. The third kappa shape index (κ3) is 5.03. The Morgan fingerprint density at radius 2 is 1.97 bits per heavy atom. The Labute approximate surface area is 177 Å². The number of aliphatic imine (C=N–C) groups is 1. The highest BCUT2D eigenvalue weighted by molar-refractivity contribution is 5.79. The number of aromatic nitrogens is 2. The van der Waals surface area contributed by atoms with Gasteiger partial charge in [-0.1, -0.05) is 12.1 Å². The Kier molecular flexibility index (Phi) is 6.16. The highest BCUT2D eigenvalue weighted by Crippen LogP contribution is 2.38. The fraction of sp³-hybridized carbons (Fsp3) is 0.238. The Morgan fingerprint density at radius 3 is 2.71 bits per heavy atom. The number of nitrogens with zero attached hydrogens (tertiary/aromatic N) is 3. The molecule has 31 heavy (non-hydrogen) atoms. The van der Waals surface area contributed by atoms with Gasteiger partial charge in [0.1, 0.15) is 5.75 Å². The van der Waals surface area contributed by atoms with Crippen molar-refractivity contribution in [2.45, 2.75) is 19.7 Å². The van der Waals surface area contributed by atoms with E-state index >= 15 is 0 Å². The maximum absolute atomic E-state index is 12.8. The molecule has 1 aliphatic heterocycles. The van der Waals surface area contributed by atoms with Crippen LogP contribution in [0.25, 0.3) is 5.69 Å². The van der Waals surface area contributed by atoms with Crippen molar-refractivity contribution in [3.8, 4) is 22.9 Å². The predicted molar refractivity (Wildman–Crippen MR) is 110 cm³/mol. The van der Waals surface area contributed by atoms with E-state index in [2.05, 4.69) is 25.5 Å². The van der Waals surface area contributed by atoms with Crippen molar-refractivity contribution in [2.75, 3.05) is 13.8 Å². The molecule has 2 aromatic carbocycles. The van der Waals surface area contributed by atoms with E-state index in [0.29, 0.717) is 29.6 Å². The summed E-state index contributed by atoms with van der Waals surface area (Å²) in [6.45, 7) is -2.19. The van der Waals surface area contributed by atoms with Gasteiger partial charge in [-0.15, -0.1) is 0 Å². The normalized spacial score (nSPS) is 12.8. The summed E-state index contributed by atoms with van der Waals surface area (Å²) >= 11 is 0. The van der Waals surface area contributed by atoms with E-state index in [0.717, 1.165) is 11.3 Å². The van der Waals surface area contributed by atoms with Crippen LogP contribution in [-0.4, -0.2) is 36.2 Å². The van der Waals surface area contributed by atoms with Gasteiger partial charge in [-0.05, 0) is 29.8 Å². The molecule has 8 nitrogen and oxygen atoms in total. The number of halogens is 2. The van der Waals surface area contributed by atoms with Crippen LogP contribution < -0.4 is 24.8 Å². The van der Waals surface area contributed by atoms with Crippen LogP contribution in [0.4, 0.5) is 8.78 Å². The zero-order chi connectivity index (χ0) is 21.6. The van der Waals surface area contributed by atoms with Gasteiger partial charge in [-0.2, -0.15) is 13.9 Å². The van der Waals surface area contributed by atoms with Crippen molar-refractivity contribution in [1.29, 1.82) is 0 Å². The summed E-state index contributed by atoms with van der Waals surface area (Å²) in [6.07, 6.45) is 3.59. The van der Waals surface area contributed by atoms with E-state index in [1.165, 1.54) is 6.07 Å². The van der Waals surface area contributed by atoms with E-state index in [1.807, 2.05) is 36.5 Å². The molecule has 2 N–H and O–H groups in total. The maximum atomic E-state index is 12.8. The summed E-state index contributed by atoms with van der Waals surface area (Å²) < 4.78 is 42.6. The Hall–Kier alpha value is -3.82. The van der Waals surface area contributed by atoms with Crippen molar-refractivity contribution >= 4 is 5.96 Å². The minimum absolute atomic E-state index is 0.0223. The van der Waals surface area contributed by atoms with E-state index in [9.17, 15) is 8.78 Å². The van der Waals surface area contributed by atoms with Crippen LogP contribution in [-0.2, 0) is 13.1 Å². The molecule has 162 valence electrons. The number of hydrogen-bond donors (Lipinski definition) is 2. The molecule has 3 aromatic rings. The highest BCUT2D eigenvalue weighted by Gasteiger charge is 2.20. The number of benzene rings is 2. The van der Waals surface area contributed by atoms with Crippen LogP contribution in [0.5, 0.6) is 17.2 Å². The summed E-state index contributed by atoms with van der Waals surface area (Å²) in [7, 11) is 1.63. The first-order valence-electron chi connectivity index (χ1n) is 9.53. The second-order valence-corrected chi connectivity index (χ2v) is 6.59. The first-order chi connectivity index (χ1) is 15.1. The van der Waals surface area contributed by atoms with Crippen molar-refractivity contribution in [3.63, 3.8) is 0 Å². The summed E-state index contributed by atoms with van der Waals surface area (Å²) in [5.74, 6) is 1.38. The number of fused-ring (bicyclic) bond motifs is 1. The lowest BCUT2D eigenvalue weighted by Crippen LogP contribution is -2.36. The van der Waals surface area contributed by atoms with E-state index in [1.54, 1.807) is 24.0 Å². The predicted octanol–water partition coefficient (Wildman–Crippen LogP) is 3.07. The van der Waals surface area contributed by atoms with Gasteiger partial charge in [0.2, 0.25) is 6.79 Å². The first-order valence-corrected chi connectivity index (χ1v) is 9.53.